The van der Waals surface area contributed by atoms with E-state index in [0.717, 1.165) is 5.52 Å². The number of hydrogen-bond donors (Lipinski definition) is 1. The lowest BCUT2D eigenvalue weighted by Gasteiger charge is -2.06. The second kappa shape index (κ2) is 5.66. The van der Waals surface area contributed by atoms with Crippen LogP contribution in [0.1, 0.15) is 23.7 Å². The molecule has 5 nitrogen and oxygen atoms in total. The van der Waals surface area contributed by atoms with Crippen molar-refractivity contribution in [1.82, 2.24) is 4.57 Å². The maximum atomic E-state index is 11.4. The van der Waals surface area contributed by atoms with Gasteiger partial charge in [-0.1, -0.05) is 13.0 Å². The predicted molar refractivity (Wildman–Crippen MR) is 77.8 cm³/mol. The number of sulfone groups is 1. The Morgan fingerprint density at radius 1 is 1.30 bits per heavy atom. The molecule has 0 atom stereocenters. The first-order chi connectivity index (χ1) is 9.44. The van der Waals surface area contributed by atoms with Crippen LogP contribution in [-0.4, -0.2) is 35.6 Å². The van der Waals surface area contributed by atoms with Crippen molar-refractivity contribution in [2.75, 3.05) is 11.5 Å². The summed E-state index contributed by atoms with van der Waals surface area (Å²) >= 11 is 0. The van der Waals surface area contributed by atoms with E-state index in [9.17, 15) is 13.2 Å². The van der Waals surface area contributed by atoms with Gasteiger partial charge < -0.3 is 9.67 Å². The highest BCUT2D eigenvalue weighted by atomic mass is 32.2. The molecule has 0 radical (unpaired) electrons. The number of hydrogen-bond acceptors (Lipinski definition) is 3. The molecule has 0 saturated carbocycles. The molecular weight excluding hydrogens is 278 g/mol. The number of aryl methyl sites for hydroxylation is 1. The third-order valence-electron chi connectivity index (χ3n) is 3.34. The van der Waals surface area contributed by atoms with Gasteiger partial charge in [0.1, 0.15) is 9.84 Å². The maximum absolute atomic E-state index is 11.4. The fraction of sp³-hybridized carbons (Fsp3) is 0.357. The van der Waals surface area contributed by atoms with Gasteiger partial charge in [-0.2, -0.15) is 0 Å². The third kappa shape index (κ3) is 3.01. The SMILES string of the molecule is CCS(=O)(=O)CCCn1ccc2c(C(=O)O)cccc21. The monoisotopic (exact) mass is 295 g/mol. The summed E-state index contributed by atoms with van der Waals surface area (Å²) in [7, 11) is -2.96. The third-order valence-corrected chi connectivity index (χ3v) is 5.13. The second-order valence-electron chi connectivity index (χ2n) is 4.64. The zero-order valence-corrected chi connectivity index (χ0v) is 12.1. The number of fused-ring (bicyclic) bond motifs is 1. The van der Waals surface area contributed by atoms with Crippen molar-refractivity contribution in [1.29, 1.82) is 0 Å². The molecule has 1 aromatic heterocycles. The molecule has 0 aliphatic rings. The molecule has 0 spiro atoms. The molecule has 0 fully saturated rings. The smallest absolute Gasteiger partial charge is 0.336 e. The summed E-state index contributed by atoms with van der Waals surface area (Å²) in [6, 6.07) is 6.87. The summed E-state index contributed by atoms with van der Waals surface area (Å²) in [4.78, 5) is 11.1. The Kier molecular flexibility index (Phi) is 4.13. The fourth-order valence-electron chi connectivity index (χ4n) is 2.20. The summed E-state index contributed by atoms with van der Waals surface area (Å²) in [5, 5.41) is 9.80. The highest BCUT2D eigenvalue weighted by Crippen LogP contribution is 2.20. The van der Waals surface area contributed by atoms with Gasteiger partial charge in [-0.05, 0) is 24.6 Å². The van der Waals surface area contributed by atoms with Crippen molar-refractivity contribution in [2.45, 2.75) is 19.9 Å². The van der Waals surface area contributed by atoms with E-state index < -0.39 is 15.8 Å². The van der Waals surface area contributed by atoms with Crippen molar-refractivity contribution < 1.29 is 18.3 Å². The molecule has 20 heavy (non-hydrogen) atoms. The van der Waals surface area contributed by atoms with Crippen LogP contribution >= 0.6 is 0 Å². The molecule has 0 aliphatic carbocycles. The van der Waals surface area contributed by atoms with Crippen LogP contribution in [0.15, 0.2) is 30.5 Å². The molecule has 0 saturated heterocycles. The largest absolute Gasteiger partial charge is 0.478 e. The van der Waals surface area contributed by atoms with E-state index in [2.05, 4.69) is 0 Å². The standard InChI is InChI=1S/C14H17NO4S/c1-2-20(18,19)10-4-8-15-9-7-11-12(14(16)17)5-3-6-13(11)15/h3,5-7,9H,2,4,8,10H2,1H3,(H,16,17). The van der Waals surface area contributed by atoms with Crippen LogP contribution in [0, 0.1) is 0 Å². The average molecular weight is 295 g/mol. The van der Waals surface area contributed by atoms with Crippen molar-refractivity contribution in [3.05, 3.63) is 36.0 Å². The first-order valence-corrected chi connectivity index (χ1v) is 8.28. The summed E-state index contributed by atoms with van der Waals surface area (Å²) in [5.41, 5.74) is 1.08. The van der Waals surface area contributed by atoms with Crippen molar-refractivity contribution in [3.8, 4) is 0 Å². The maximum Gasteiger partial charge on any atom is 0.336 e. The molecule has 1 N–H and O–H groups in total. The number of aromatic nitrogens is 1. The molecular formula is C14H17NO4S. The molecule has 2 rings (SSSR count). The topological polar surface area (TPSA) is 76.4 Å². The molecule has 1 aromatic carbocycles. The van der Waals surface area contributed by atoms with E-state index in [0.29, 0.717) is 18.4 Å². The number of aromatic carboxylic acids is 1. The Balaban J connectivity index is 2.20. The fourth-order valence-corrected chi connectivity index (χ4v) is 3.06. The van der Waals surface area contributed by atoms with Crippen LogP contribution in [0.2, 0.25) is 0 Å². The minimum Gasteiger partial charge on any atom is -0.478 e. The first kappa shape index (κ1) is 14.6. The summed E-state index contributed by atoms with van der Waals surface area (Å²) < 4.78 is 24.8. The van der Waals surface area contributed by atoms with Gasteiger partial charge in [-0.15, -0.1) is 0 Å². The molecule has 2 aromatic rings. The van der Waals surface area contributed by atoms with E-state index >= 15 is 0 Å². The number of carboxylic acids is 1. The number of benzene rings is 1. The number of carbonyl (C=O) groups is 1. The average Bonchev–Trinajstić information content (AvgIpc) is 2.82. The molecule has 0 bridgehead atoms. The van der Waals surface area contributed by atoms with Gasteiger partial charge in [0, 0.05) is 29.4 Å². The highest BCUT2D eigenvalue weighted by molar-refractivity contribution is 7.91. The van der Waals surface area contributed by atoms with Crippen molar-refractivity contribution in [3.63, 3.8) is 0 Å². The van der Waals surface area contributed by atoms with Crippen LogP contribution in [0.25, 0.3) is 10.9 Å². The Morgan fingerprint density at radius 3 is 2.70 bits per heavy atom. The van der Waals surface area contributed by atoms with Crippen LogP contribution < -0.4 is 0 Å². The lowest BCUT2D eigenvalue weighted by atomic mass is 10.1. The lowest BCUT2D eigenvalue weighted by molar-refractivity contribution is 0.0699. The van der Waals surface area contributed by atoms with E-state index in [1.54, 1.807) is 31.3 Å². The van der Waals surface area contributed by atoms with Crippen LogP contribution in [0.5, 0.6) is 0 Å². The van der Waals surface area contributed by atoms with Crippen LogP contribution in [0.4, 0.5) is 0 Å². The Hall–Kier alpha value is -1.82. The zero-order chi connectivity index (χ0) is 14.8. The van der Waals surface area contributed by atoms with E-state index in [4.69, 9.17) is 5.11 Å². The van der Waals surface area contributed by atoms with Crippen molar-refractivity contribution >= 4 is 26.7 Å². The Morgan fingerprint density at radius 2 is 2.05 bits per heavy atom. The van der Waals surface area contributed by atoms with Crippen LogP contribution in [-0.2, 0) is 16.4 Å². The number of nitrogens with zero attached hydrogens (tertiary/aromatic N) is 1. The van der Waals surface area contributed by atoms with E-state index in [1.165, 1.54) is 0 Å². The van der Waals surface area contributed by atoms with Gasteiger partial charge in [0.15, 0.2) is 0 Å². The van der Waals surface area contributed by atoms with E-state index in [-0.39, 0.29) is 17.1 Å². The zero-order valence-electron chi connectivity index (χ0n) is 11.2. The predicted octanol–water partition coefficient (Wildman–Crippen LogP) is 2.16. The van der Waals surface area contributed by atoms with Gasteiger partial charge in [-0.25, -0.2) is 13.2 Å². The van der Waals surface area contributed by atoms with Gasteiger partial charge in [0.25, 0.3) is 0 Å². The molecule has 108 valence electrons. The van der Waals surface area contributed by atoms with E-state index in [1.807, 2.05) is 10.6 Å². The van der Waals surface area contributed by atoms with Gasteiger partial charge in [-0.3, -0.25) is 0 Å². The Labute approximate surface area is 117 Å². The summed E-state index contributed by atoms with van der Waals surface area (Å²) in [5.74, 6) is -0.647. The molecule has 1 heterocycles. The summed E-state index contributed by atoms with van der Waals surface area (Å²) in [6.07, 6.45) is 2.33. The number of rotatable bonds is 6. The normalized spacial score (nSPS) is 11.8. The molecule has 0 unspecified atom stereocenters. The minimum atomic E-state index is -2.96. The highest BCUT2D eigenvalue weighted by Gasteiger charge is 2.11. The second-order valence-corrected chi connectivity index (χ2v) is 7.12. The molecule has 0 aliphatic heterocycles. The number of carboxylic acid groups (broad SMARTS) is 1. The van der Waals surface area contributed by atoms with Crippen LogP contribution in [0.3, 0.4) is 0 Å². The van der Waals surface area contributed by atoms with Gasteiger partial charge >= 0.3 is 5.97 Å². The van der Waals surface area contributed by atoms with Gasteiger partial charge in [0.2, 0.25) is 0 Å². The summed E-state index contributed by atoms with van der Waals surface area (Å²) in [6.45, 7) is 2.20. The minimum absolute atomic E-state index is 0.155. The molecule has 0 amide bonds. The molecule has 6 heteroatoms. The van der Waals surface area contributed by atoms with Crippen molar-refractivity contribution in [2.24, 2.45) is 0 Å². The first-order valence-electron chi connectivity index (χ1n) is 6.46. The lowest BCUT2D eigenvalue weighted by Crippen LogP contribution is -2.11. The van der Waals surface area contributed by atoms with Gasteiger partial charge in [0.05, 0.1) is 11.3 Å². The Bertz CT molecular complexity index is 731. The quantitative estimate of drug-likeness (QED) is 0.886.